The summed E-state index contributed by atoms with van der Waals surface area (Å²) in [4.78, 5) is 5.47. The summed E-state index contributed by atoms with van der Waals surface area (Å²) < 4.78 is 0. The maximum absolute atomic E-state index is 3.65. The summed E-state index contributed by atoms with van der Waals surface area (Å²) in [5.41, 5.74) is 0. The van der Waals surface area contributed by atoms with E-state index in [0.29, 0.717) is 18.1 Å². The molecule has 1 unspecified atom stereocenters. The molecule has 1 N–H and O–H groups in total. The van der Waals surface area contributed by atoms with Crippen LogP contribution in [0.15, 0.2) is 12.1 Å². The van der Waals surface area contributed by atoms with Gasteiger partial charge in [0.05, 0.1) is 0 Å². The van der Waals surface area contributed by atoms with Gasteiger partial charge in [0.15, 0.2) is 0 Å². The van der Waals surface area contributed by atoms with Crippen LogP contribution in [0.25, 0.3) is 0 Å². The van der Waals surface area contributed by atoms with Gasteiger partial charge in [0.2, 0.25) is 0 Å². The number of aryl methyl sites for hydroxylation is 1. The SMILES string of the molecule is CCc1ccc(C(C)NCCN(C(C)C)C(C)C)s1. The molecule has 19 heavy (non-hydrogen) atoms. The summed E-state index contributed by atoms with van der Waals surface area (Å²) in [6.07, 6.45) is 1.14. The minimum atomic E-state index is 0.464. The van der Waals surface area contributed by atoms with E-state index < -0.39 is 0 Å². The van der Waals surface area contributed by atoms with Crippen molar-refractivity contribution in [2.75, 3.05) is 13.1 Å². The first-order valence-electron chi connectivity index (χ1n) is 7.53. The number of hydrogen-bond donors (Lipinski definition) is 1. The van der Waals surface area contributed by atoms with E-state index in [9.17, 15) is 0 Å². The molecular formula is C16H30N2S. The molecule has 1 heterocycles. The van der Waals surface area contributed by atoms with E-state index in [2.05, 4.69) is 63.9 Å². The minimum absolute atomic E-state index is 0.464. The van der Waals surface area contributed by atoms with Crippen molar-refractivity contribution in [2.24, 2.45) is 0 Å². The third-order valence-corrected chi connectivity index (χ3v) is 5.02. The van der Waals surface area contributed by atoms with Crippen LogP contribution in [0, 0.1) is 0 Å². The molecule has 0 fully saturated rings. The summed E-state index contributed by atoms with van der Waals surface area (Å²) in [7, 11) is 0. The number of thiophene rings is 1. The summed E-state index contributed by atoms with van der Waals surface area (Å²) in [6, 6.07) is 6.22. The van der Waals surface area contributed by atoms with E-state index in [4.69, 9.17) is 0 Å². The number of rotatable bonds is 8. The van der Waals surface area contributed by atoms with E-state index in [-0.39, 0.29) is 0 Å². The summed E-state index contributed by atoms with van der Waals surface area (Å²) in [5.74, 6) is 0. The van der Waals surface area contributed by atoms with E-state index in [1.54, 1.807) is 0 Å². The van der Waals surface area contributed by atoms with Crippen molar-refractivity contribution in [1.82, 2.24) is 10.2 Å². The van der Waals surface area contributed by atoms with Gasteiger partial charge >= 0.3 is 0 Å². The van der Waals surface area contributed by atoms with Gasteiger partial charge in [-0.15, -0.1) is 11.3 Å². The fourth-order valence-corrected chi connectivity index (χ4v) is 3.42. The minimum Gasteiger partial charge on any atom is -0.308 e. The van der Waals surface area contributed by atoms with Gasteiger partial charge in [-0.05, 0) is 53.2 Å². The Balaban J connectivity index is 2.39. The fourth-order valence-electron chi connectivity index (χ4n) is 2.44. The highest BCUT2D eigenvalue weighted by molar-refractivity contribution is 7.12. The van der Waals surface area contributed by atoms with Crippen LogP contribution in [0.5, 0.6) is 0 Å². The first-order valence-corrected chi connectivity index (χ1v) is 8.35. The van der Waals surface area contributed by atoms with Crippen LogP contribution in [-0.2, 0) is 6.42 Å². The van der Waals surface area contributed by atoms with Gasteiger partial charge in [0.1, 0.15) is 0 Å². The van der Waals surface area contributed by atoms with Gasteiger partial charge < -0.3 is 5.32 Å². The molecule has 0 saturated carbocycles. The lowest BCUT2D eigenvalue weighted by atomic mass is 10.2. The highest BCUT2D eigenvalue weighted by Gasteiger charge is 2.13. The van der Waals surface area contributed by atoms with E-state index >= 15 is 0 Å². The first kappa shape index (κ1) is 16.7. The van der Waals surface area contributed by atoms with Crippen molar-refractivity contribution in [3.63, 3.8) is 0 Å². The Morgan fingerprint density at radius 2 is 1.74 bits per heavy atom. The fraction of sp³-hybridized carbons (Fsp3) is 0.750. The maximum Gasteiger partial charge on any atom is 0.0386 e. The number of nitrogens with zero attached hydrogens (tertiary/aromatic N) is 1. The second kappa shape index (κ2) is 8.03. The van der Waals surface area contributed by atoms with Crippen LogP contribution in [0.1, 0.15) is 57.3 Å². The first-order chi connectivity index (χ1) is 8.95. The quantitative estimate of drug-likeness (QED) is 0.773. The third kappa shape index (κ3) is 5.25. The molecule has 0 saturated heterocycles. The molecule has 0 aliphatic heterocycles. The molecule has 0 aliphatic carbocycles. The van der Waals surface area contributed by atoms with Gasteiger partial charge in [-0.2, -0.15) is 0 Å². The van der Waals surface area contributed by atoms with Gasteiger partial charge in [-0.25, -0.2) is 0 Å². The number of nitrogens with one attached hydrogen (secondary N) is 1. The van der Waals surface area contributed by atoms with Crippen LogP contribution >= 0.6 is 11.3 Å². The van der Waals surface area contributed by atoms with Gasteiger partial charge in [0.25, 0.3) is 0 Å². The van der Waals surface area contributed by atoms with E-state index in [1.807, 2.05) is 11.3 Å². The second-order valence-electron chi connectivity index (χ2n) is 5.76. The van der Waals surface area contributed by atoms with Crippen molar-refractivity contribution in [3.8, 4) is 0 Å². The molecule has 0 radical (unpaired) electrons. The Hall–Kier alpha value is -0.380. The summed E-state index contributed by atoms with van der Waals surface area (Å²) in [6.45, 7) is 15.7. The van der Waals surface area contributed by atoms with Gasteiger partial charge in [-0.3, -0.25) is 4.90 Å². The summed E-state index contributed by atoms with van der Waals surface area (Å²) >= 11 is 1.94. The van der Waals surface area contributed by atoms with Crippen LogP contribution in [0.3, 0.4) is 0 Å². The number of hydrogen-bond acceptors (Lipinski definition) is 3. The van der Waals surface area contributed by atoms with Gasteiger partial charge in [0, 0.05) is 41.0 Å². The standard InChI is InChI=1S/C16H30N2S/c1-7-15-8-9-16(19-15)14(6)17-10-11-18(12(2)3)13(4)5/h8-9,12-14,17H,7,10-11H2,1-6H3. The lowest BCUT2D eigenvalue weighted by Gasteiger charge is -2.31. The zero-order valence-electron chi connectivity index (χ0n) is 13.4. The predicted octanol–water partition coefficient (Wildman–Crippen LogP) is 4.08. The Kier molecular flexibility index (Phi) is 7.05. The highest BCUT2D eigenvalue weighted by atomic mass is 32.1. The molecule has 3 heteroatoms. The monoisotopic (exact) mass is 282 g/mol. The molecule has 0 aliphatic rings. The lowest BCUT2D eigenvalue weighted by Crippen LogP contribution is -2.41. The second-order valence-corrected chi connectivity index (χ2v) is 6.96. The Morgan fingerprint density at radius 1 is 1.11 bits per heavy atom. The van der Waals surface area contributed by atoms with Crippen molar-refractivity contribution >= 4 is 11.3 Å². The topological polar surface area (TPSA) is 15.3 Å². The molecule has 1 aromatic rings. The Labute approximate surface area is 123 Å². The van der Waals surface area contributed by atoms with Crippen LogP contribution in [0.4, 0.5) is 0 Å². The molecule has 1 aromatic heterocycles. The molecule has 0 amide bonds. The largest absolute Gasteiger partial charge is 0.308 e. The molecule has 0 bridgehead atoms. The average molecular weight is 282 g/mol. The zero-order valence-corrected chi connectivity index (χ0v) is 14.2. The van der Waals surface area contributed by atoms with E-state index in [0.717, 1.165) is 19.5 Å². The van der Waals surface area contributed by atoms with Gasteiger partial charge in [-0.1, -0.05) is 6.92 Å². The third-order valence-electron chi connectivity index (χ3n) is 3.60. The van der Waals surface area contributed by atoms with Crippen LogP contribution in [0.2, 0.25) is 0 Å². The summed E-state index contributed by atoms with van der Waals surface area (Å²) in [5, 5.41) is 3.65. The van der Waals surface area contributed by atoms with Crippen molar-refractivity contribution < 1.29 is 0 Å². The molecular weight excluding hydrogens is 252 g/mol. The van der Waals surface area contributed by atoms with E-state index in [1.165, 1.54) is 9.75 Å². The Morgan fingerprint density at radius 3 is 2.21 bits per heavy atom. The molecule has 0 spiro atoms. The van der Waals surface area contributed by atoms with Crippen molar-refractivity contribution in [1.29, 1.82) is 0 Å². The maximum atomic E-state index is 3.65. The van der Waals surface area contributed by atoms with Crippen LogP contribution < -0.4 is 5.32 Å². The van der Waals surface area contributed by atoms with Crippen molar-refractivity contribution in [2.45, 2.75) is 66.1 Å². The zero-order chi connectivity index (χ0) is 14.4. The average Bonchev–Trinajstić information content (AvgIpc) is 2.82. The lowest BCUT2D eigenvalue weighted by molar-refractivity contribution is 0.174. The smallest absolute Gasteiger partial charge is 0.0386 e. The normalized spacial score (nSPS) is 13.7. The Bertz CT molecular complexity index is 349. The molecule has 0 aromatic carbocycles. The van der Waals surface area contributed by atoms with Crippen molar-refractivity contribution in [3.05, 3.63) is 21.9 Å². The highest BCUT2D eigenvalue weighted by Crippen LogP contribution is 2.23. The molecule has 1 atom stereocenters. The molecule has 2 nitrogen and oxygen atoms in total. The molecule has 110 valence electrons. The predicted molar refractivity (Wildman–Crippen MR) is 87.1 cm³/mol. The van der Waals surface area contributed by atoms with Crippen LogP contribution in [-0.4, -0.2) is 30.1 Å². The molecule has 1 rings (SSSR count).